The Kier molecular flexibility index (Phi) is 6.61. The number of benzene rings is 2. The van der Waals surface area contributed by atoms with E-state index in [1.54, 1.807) is 0 Å². The van der Waals surface area contributed by atoms with Crippen molar-refractivity contribution in [2.24, 2.45) is 0 Å². The van der Waals surface area contributed by atoms with Gasteiger partial charge in [-0.3, -0.25) is 0 Å². The molecule has 2 aromatic carbocycles. The van der Waals surface area contributed by atoms with Crippen molar-refractivity contribution < 1.29 is 4.43 Å². The summed E-state index contributed by atoms with van der Waals surface area (Å²) in [6, 6.07) is 21.6. The monoisotopic (exact) mass is 402 g/mol. The zero-order valence-corrected chi connectivity index (χ0v) is 17.6. The van der Waals surface area contributed by atoms with Gasteiger partial charge in [-0.05, 0) is 27.9 Å². The summed E-state index contributed by atoms with van der Waals surface area (Å²) in [5.74, 6) is 0. The lowest BCUT2D eigenvalue weighted by atomic mass is 10.2. The fourth-order valence-corrected chi connectivity index (χ4v) is 8.20. The molecule has 0 aromatic heterocycles. The number of halogens is 1. The summed E-state index contributed by atoms with van der Waals surface area (Å²) in [5, 5.41) is 3.53. The number of rotatable bonds is 6. The van der Waals surface area contributed by atoms with E-state index >= 15 is 0 Å². The second-order valence-corrected chi connectivity index (χ2v) is 11.9. The highest BCUT2D eigenvalue weighted by molar-refractivity contribution is 9.09. The predicted octanol–water partition coefficient (Wildman–Crippen LogP) is 4.90. The first kappa shape index (κ1) is 19.2. The van der Waals surface area contributed by atoms with Gasteiger partial charge in [-0.2, -0.15) is 0 Å². The zero-order valence-electron chi connectivity index (χ0n) is 15.1. The average Bonchev–Trinajstić information content (AvgIpc) is 2.59. The Morgan fingerprint density at radius 3 is 1.75 bits per heavy atom. The van der Waals surface area contributed by atoms with Crippen molar-refractivity contribution in [3.8, 4) is 0 Å². The Hall–Kier alpha value is -1.16. The fourth-order valence-electron chi connectivity index (χ4n) is 3.16. The Bertz CT molecular complexity index is 620. The smallest absolute Gasteiger partial charge is 0.261 e. The fraction of sp³-hybridized carbons (Fsp3) is 0.333. The minimum atomic E-state index is -2.41. The molecule has 0 amide bonds. The summed E-state index contributed by atoms with van der Waals surface area (Å²) in [7, 11) is -2.41. The summed E-state index contributed by atoms with van der Waals surface area (Å²) < 4.78 is 6.85. The van der Waals surface area contributed by atoms with Crippen molar-refractivity contribution in [1.29, 1.82) is 0 Å². The van der Waals surface area contributed by atoms with Gasteiger partial charge < -0.3 is 4.43 Å². The van der Waals surface area contributed by atoms with E-state index in [1.165, 1.54) is 15.9 Å². The Morgan fingerprint density at radius 1 is 0.958 bits per heavy atom. The summed E-state index contributed by atoms with van der Waals surface area (Å²) in [4.78, 5) is 0. The van der Waals surface area contributed by atoms with Gasteiger partial charge in [0.25, 0.3) is 8.32 Å². The molecule has 0 heterocycles. The van der Waals surface area contributed by atoms with Gasteiger partial charge in [0, 0.05) is 5.33 Å². The molecule has 128 valence electrons. The molecule has 2 rings (SSSR count). The normalized spacial score (nSPS) is 13.1. The van der Waals surface area contributed by atoms with Gasteiger partial charge in [0.05, 0.1) is 6.61 Å². The van der Waals surface area contributed by atoms with E-state index in [-0.39, 0.29) is 5.04 Å². The van der Waals surface area contributed by atoms with Crippen LogP contribution >= 0.6 is 15.9 Å². The van der Waals surface area contributed by atoms with Crippen molar-refractivity contribution in [2.45, 2.75) is 32.7 Å². The maximum Gasteiger partial charge on any atom is 0.261 e. The highest BCUT2D eigenvalue weighted by Crippen LogP contribution is 2.37. The van der Waals surface area contributed by atoms with Gasteiger partial charge in [-0.25, -0.2) is 0 Å². The van der Waals surface area contributed by atoms with Crippen LogP contribution in [0, 0.1) is 0 Å². The van der Waals surface area contributed by atoms with E-state index < -0.39 is 8.32 Å². The standard InChI is InChI=1S/C21H27BrOSi/c1-5-18(16-22)17-23-24(21(2,3)4,19-12-8-6-9-13-19)20-14-10-7-11-15-20/h5-15H,16-17H2,1-4H3/b18-5-. The van der Waals surface area contributed by atoms with Crippen LogP contribution in [0.2, 0.25) is 5.04 Å². The molecule has 2 aromatic rings. The van der Waals surface area contributed by atoms with Crippen LogP contribution in [0.3, 0.4) is 0 Å². The molecule has 0 unspecified atom stereocenters. The zero-order chi connectivity index (χ0) is 17.6. The summed E-state index contributed by atoms with van der Waals surface area (Å²) >= 11 is 3.57. The highest BCUT2D eigenvalue weighted by atomic mass is 79.9. The minimum Gasteiger partial charge on any atom is -0.403 e. The lowest BCUT2D eigenvalue weighted by Crippen LogP contribution is -2.66. The van der Waals surface area contributed by atoms with Crippen molar-refractivity contribution in [3.05, 3.63) is 72.3 Å². The van der Waals surface area contributed by atoms with Crippen LogP contribution in [0.4, 0.5) is 0 Å². The lowest BCUT2D eigenvalue weighted by molar-refractivity contribution is 0.330. The maximum absolute atomic E-state index is 6.85. The van der Waals surface area contributed by atoms with Crippen LogP contribution in [0.15, 0.2) is 72.3 Å². The lowest BCUT2D eigenvalue weighted by Gasteiger charge is -2.43. The number of hydrogen-bond donors (Lipinski definition) is 0. The van der Waals surface area contributed by atoms with Gasteiger partial charge in [0.15, 0.2) is 0 Å². The molecule has 0 atom stereocenters. The molecular weight excluding hydrogens is 376 g/mol. The van der Waals surface area contributed by atoms with Crippen LogP contribution in [0.25, 0.3) is 0 Å². The third kappa shape index (κ3) is 3.90. The molecule has 0 saturated carbocycles. The molecule has 0 saturated heterocycles. The molecule has 24 heavy (non-hydrogen) atoms. The highest BCUT2D eigenvalue weighted by Gasteiger charge is 2.50. The molecule has 0 aliphatic rings. The van der Waals surface area contributed by atoms with Gasteiger partial charge in [-0.1, -0.05) is 103 Å². The topological polar surface area (TPSA) is 9.23 Å². The van der Waals surface area contributed by atoms with Gasteiger partial charge in [0.2, 0.25) is 0 Å². The van der Waals surface area contributed by atoms with Crippen molar-refractivity contribution in [2.75, 3.05) is 11.9 Å². The van der Waals surface area contributed by atoms with Crippen LogP contribution in [0.5, 0.6) is 0 Å². The van der Waals surface area contributed by atoms with Crippen molar-refractivity contribution in [3.63, 3.8) is 0 Å². The van der Waals surface area contributed by atoms with Crippen LogP contribution < -0.4 is 10.4 Å². The van der Waals surface area contributed by atoms with Gasteiger partial charge >= 0.3 is 0 Å². The molecule has 0 fully saturated rings. The molecule has 0 bridgehead atoms. The quantitative estimate of drug-likeness (QED) is 0.379. The van der Waals surface area contributed by atoms with E-state index in [0.717, 1.165) is 5.33 Å². The molecule has 0 aliphatic carbocycles. The first-order valence-corrected chi connectivity index (χ1v) is 11.4. The largest absolute Gasteiger partial charge is 0.403 e. The average molecular weight is 403 g/mol. The van der Waals surface area contributed by atoms with Crippen molar-refractivity contribution >= 4 is 34.6 Å². The van der Waals surface area contributed by atoms with E-state index in [1.807, 2.05) is 0 Å². The molecule has 0 radical (unpaired) electrons. The Balaban J connectivity index is 2.61. The van der Waals surface area contributed by atoms with Crippen LogP contribution in [-0.4, -0.2) is 20.3 Å². The number of allylic oxidation sites excluding steroid dienone is 1. The predicted molar refractivity (Wildman–Crippen MR) is 111 cm³/mol. The first-order chi connectivity index (χ1) is 11.5. The Morgan fingerprint density at radius 2 is 1.42 bits per heavy atom. The molecule has 3 heteroatoms. The molecular formula is C21H27BrOSi. The maximum atomic E-state index is 6.85. The third-order valence-corrected chi connectivity index (χ3v) is 10.2. The summed E-state index contributed by atoms with van der Waals surface area (Å²) in [5.41, 5.74) is 1.28. The molecule has 1 nitrogen and oxygen atoms in total. The summed E-state index contributed by atoms with van der Waals surface area (Å²) in [6.45, 7) is 9.66. The molecule has 0 aliphatic heterocycles. The van der Waals surface area contributed by atoms with Crippen LogP contribution in [-0.2, 0) is 4.43 Å². The number of hydrogen-bond acceptors (Lipinski definition) is 1. The molecule has 0 N–H and O–H groups in total. The van der Waals surface area contributed by atoms with E-state index in [9.17, 15) is 0 Å². The van der Waals surface area contributed by atoms with Gasteiger partial charge in [0.1, 0.15) is 0 Å². The van der Waals surface area contributed by atoms with E-state index in [4.69, 9.17) is 4.43 Å². The minimum absolute atomic E-state index is 0.0286. The van der Waals surface area contributed by atoms with Gasteiger partial charge in [-0.15, -0.1) is 0 Å². The second-order valence-electron chi connectivity index (χ2n) is 7.03. The van der Waals surface area contributed by atoms with E-state index in [2.05, 4.69) is 110 Å². The van der Waals surface area contributed by atoms with Crippen LogP contribution in [0.1, 0.15) is 27.7 Å². The van der Waals surface area contributed by atoms with Crippen molar-refractivity contribution in [1.82, 2.24) is 0 Å². The number of alkyl halides is 1. The SMILES string of the molecule is C/C=C(/CBr)CO[Si](c1ccccc1)(c1ccccc1)C(C)(C)C. The summed E-state index contributed by atoms with van der Waals surface area (Å²) in [6.07, 6.45) is 2.15. The molecule has 0 spiro atoms. The third-order valence-electron chi connectivity index (χ3n) is 4.47. The Labute approximate surface area is 156 Å². The first-order valence-electron chi connectivity index (χ1n) is 8.40. The second kappa shape index (κ2) is 8.28. The van der Waals surface area contributed by atoms with E-state index in [0.29, 0.717) is 6.61 Å².